The highest BCUT2D eigenvalue weighted by molar-refractivity contribution is 6.30. The van der Waals surface area contributed by atoms with Crippen LogP contribution < -0.4 is 10.3 Å². The SMILES string of the molecule is CCOC(=O)c1ccc(OC(=O)c2cn(-c3cccc(Cl)c3)c(=O)c3ccccc23)cc1. The highest BCUT2D eigenvalue weighted by atomic mass is 35.5. The van der Waals surface area contributed by atoms with E-state index < -0.39 is 11.9 Å². The van der Waals surface area contributed by atoms with Crippen LogP contribution in [0.4, 0.5) is 0 Å². The number of pyridine rings is 1. The highest BCUT2D eigenvalue weighted by Gasteiger charge is 2.18. The number of rotatable bonds is 5. The number of fused-ring (bicyclic) bond motifs is 1. The van der Waals surface area contributed by atoms with Crippen LogP contribution in [0.2, 0.25) is 5.02 Å². The Hall–Kier alpha value is -3.90. The third-order valence-corrected chi connectivity index (χ3v) is 5.04. The van der Waals surface area contributed by atoms with E-state index in [4.69, 9.17) is 21.1 Å². The third kappa shape index (κ3) is 4.26. The van der Waals surface area contributed by atoms with E-state index in [1.54, 1.807) is 55.5 Å². The summed E-state index contributed by atoms with van der Waals surface area (Å²) in [5.41, 5.74) is 0.820. The Kier molecular flexibility index (Phi) is 6.05. The van der Waals surface area contributed by atoms with Crippen molar-refractivity contribution >= 4 is 34.3 Å². The highest BCUT2D eigenvalue weighted by Crippen LogP contribution is 2.22. The van der Waals surface area contributed by atoms with Gasteiger partial charge in [0, 0.05) is 22.0 Å². The molecule has 0 saturated heterocycles. The molecule has 4 aromatic rings. The average Bonchev–Trinajstić information content (AvgIpc) is 2.80. The molecule has 0 spiro atoms. The molecule has 0 fully saturated rings. The van der Waals surface area contributed by atoms with Gasteiger partial charge in [-0.25, -0.2) is 9.59 Å². The molecule has 0 aliphatic carbocycles. The van der Waals surface area contributed by atoms with Crippen LogP contribution in [0.25, 0.3) is 16.5 Å². The first-order chi connectivity index (χ1) is 15.5. The van der Waals surface area contributed by atoms with E-state index in [0.717, 1.165) is 0 Å². The minimum absolute atomic E-state index is 0.217. The number of carbonyl (C=O) groups excluding carboxylic acids is 2. The summed E-state index contributed by atoms with van der Waals surface area (Å²) >= 11 is 6.09. The maximum absolute atomic E-state index is 13.1. The van der Waals surface area contributed by atoms with E-state index >= 15 is 0 Å². The van der Waals surface area contributed by atoms with Crippen molar-refractivity contribution in [2.45, 2.75) is 6.92 Å². The topological polar surface area (TPSA) is 74.6 Å². The number of esters is 2. The molecule has 32 heavy (non-hydrogen) atoms. The van der Waals surface area contributed by atoms with Crippen LogP contribution in [0.3, 0.4) is 0 Å². The molecule has 6 nitrogen and oxygen atoms in total. The molecular formula is C25H18ClNO5. The lowest BCUT2D eigenvalue weighted by molar-refractivity contribution is 0.0526. The van der Waals surface area contributed by atoms with Gasteiger partial charge in [0.1, 0.15) is 5.75 Å². The first-order valence-electron chi connectivity index (χ1n) is 9.87. The van der Waals surface area contributed by atoms with Gasteiger partial charge < -0.3 is 9.47 Å². The number of benzene rings is 3. The fraction of sp³-hybridized carbons (Fsp3) is 0.0800. The van der Waals surface area contributed by atoms with Gasteiger partial charge in [-0.15, -0.1) is 0 Å². The zero-order valence-electron chi connectivity index (χ0n) is 17.1. The summed E-state index contributed by atoms with van der Waals surface area (Å²) in [6.07, 6.45) is 1.45. The molecule has 7 heteroatoms. The number of ether oxygens (including phenoxy) is 2. The van der Waals surface area contributed by atoms with Crippen LogP contribution in [0.15, 0.2) is 83.8 Å². The first kappa shape index (κ1) is 21.3. The smallest absolute Gasteiger partial charge is 0.345 e. The fourth-order valence-electron chi connectivity index (χ4n) is 3.31. The Morgan fingerprint density at radius 2 is 1.62 bits per heavy atom. The number of halogens is 1. The molecule has 0 unspecified atom stereocenters. The Morgan fingerprint density at radius 3 is 2.31 bits per heavy atom. The lowest BCUT2D eigenvalue weighted by Gasteiger charge is -2.12. The molecule has 1 heterocycles. The van der Waals surface area contributed by atoms with Crippen LogP contribution in [0.5, 0.6) is 5.75 Å². The van der Waals surface area contributed by atoms with Crippen LogP contribution in [0, 0.1) is 0 Å². The Balaban J connectivity index is 1.73. The van der Waals surface area contributed by atoms with E-state index in [9.17, 15) is 14.4 Å². The molecule has 0 bridgehead atoms. The van der Waals surface area contributed by atoms with Crippen LogP contribution in [-0.4, -0.2) is 23.1 Å². The molecule has 4 rings (SSSR count). The Bertz CT molecular complexity index is 1380. The van der Waals surface area contributed by atoms with E-state index in [2.05, 4.69) is 0 Å². The van der Waals surface area contributed by atoms with Crippen molar-refractivity contribution < 1.29 is 19.1 Å². The largest absolute Gasteiger partial charge is 0.462 e. The second-order valence-corrected chi connectivity index (χ2v) is 7.31. The fourth-order valence-corrected chi connectivity index (χ4v) is 3.49. The number of hydrogen-bond donors (Lipinski definition) is 0. The molecule has 0 atom stereocenters. The van der Waals surface area contributed by atoms with Crippen molar-refractivity contribution in [3.8, 4) is 11.4 Å². The molecule has 1 aromatic heterocycles. The van der Waals surface area contributed by atoms with Crippen molar-refractivity contribution in [3.05, 3.63) is 105 Å². The molecule has 0 radical (unpaired) electrons. The van der Waals surface area contributed by atoms with Gasteiger partial charge in [0.15, 0.2) is 0 Å². The van der Waals surface area contributed by atoms with Gasteiger partial charge in [0.25, 0.3) is 5.56 Å². The van der Waals surface area contributed by atoms with E-state index in [0.29, 0.717) is 27.0 Å². The van der Waals surface area contributed by atoms with E-state index in [1.807, 2.05) is 0 Å². The molecule has 160 valence electrons. The van der Waals surface area contributed by atoms with Crippen molar-refractivity contribution in [2.24, 2.45) is 0 Å². The Morgan fingerprint density at radius 1 is 0.906 bits per heavy atom. The summed E-state index contributed by atoms with van der Waals surface area (Å²) in [5.74, 6) is -0.835. The normalized spacial score (nSPS) is 10.7. The second-order valence-electron chi connectivity index (χ2n) is 6.88. The van der Waals surface area contributed by atoms with Crippen molar-refractivity contribution in [1.29, 1.82) is 0 Å². The predicted molar refractivity (Wildman–Crippen MR) is 122 cm³/mol. The van der Waals surface area contributed by atoms with Crippen molar-refractivity contribution in [1.82, 2.24) is 4.57 Å². The summed E-state index contributed by atoms with van der Waals surface area (Å²) in [6.45, 7) is 1.99. The monoisotopic (exact) mass is 447 g/mol. The maximum atomic E-state index is 13.1. The molecule has 3 aromatic carbocycles. The molecule has 0 saturated carbocycles. The predicted octanol–water partition coefficient (Wildman–Crippen LogP) is 5.04. The number of carbonyl (C=O) groups is 2. The minimum atomic E-state index is -0.638. The molecular weight excluding hydrogens is 430 g/mol. The van der Waals surface area contributed by atoms with Gasteiger partial charge in [-0.05, 0) is 55.5 Å². The summed E-state index contributed by atoms with van der Waals surface area (Å²) in [6, 6.07) is 19.7. The third-order valence-electron chi connectivity index (χ3n) is 4.81. The lowest BCUT2D eigenvalue weighted by atomic mass is 10.1. The van der Waals surface area contributed by atoms with Crippen LogP contribution in [-0.2, 0) is 4.74 Å². The number of nitrogens with zero attached hydrogens (tertiary/aromatic N) is 1. The standard InChI is InChI=1S/C25H18ClNO5/c1-2-31-24(29)16-10-12-19(13-11-16)32-25(30)22-15-27(18-7-5-6-17(26)14-18)23(28)21-9-4-3-8-20(21)22/h3-15H,2H2,1H3. The summed E-state index contributed by atoms with van der Waals surface area (Å²) in [7, 11) is 0. The zero-order valence-corrected chi connectivity index (χ0v) is 17.8. The molecule has 0 N–H and O–H groups in total. The number of aromatic nitrogens is 1. The average molecular weight is 448 g/mol. The van der Waals surface area contributed by atoms with Gasteiger partial charge in [-0.2, -0.15) is 0 Å². The van der Waals surface area contributed by atoms with Crippen LogP contribution in [0.1, 0.15) is 27.6 Å². The quantitative estimate of drug-likeness (QED) is 0.316. The zero-order chi connectivity index (χ0) is 22.7. The summed E-state index contributed by atoms with van der Waals surface area (Å²) in [5, 5.41) is 1.32. The van der Waals surface area contributed by atoms with Gasteiger partial charge in [-0.3, -0.25) is 9.36 Å². The van der Waals surface area contributed by atoms with Gasteiger partial charge >= 0.3 is 11.9 Å². The first-order valence-corrected chi connectivity index (χ1v) is 10.3. The van der Waals surface area contributed by atoms with Gasteiger partial charge in [0.05, 0.1) is 23.4 Å². The van der Waals surface area contributed by atoms with E-state index in [-0.39, 0.29) is 23.5 Å². The van der Waals surface area contributed by atoms with Crippen LogP contribution >= 0.6 is 11.6 Å². The van der Waals surface area contributed by atoms with Gasteiger partial charge in [0.2, 0.25) is 0 Å². The minimum Gasteiger partial charge on any atom is -0.462 e. The van der Waals surface area contributed by atoms with Crippen molar-refractivity contribution in [3.63, 3.8) is 0 Å². The number of hydrogen-bond acceptors (Lipinski definition) is 5. The maximum Gasteiger partial charge on any atom is 0.345 e. The summed E-state index contributed by atoms with van der Waals surface area (Å²) < 4.78 is 11.8. The summed E-state index contributed by atoms with van der Waals surface area (Å²) in [4.78, 5) is 37.9. The lowest BCUT2D eigenvalue weighted by Crippen LogP contribution is -2.22. The second kappa shape index (κ2) is 9.08. The van der Waals surface area contributed by atoms with E-state index in [1.165, 1.54) is 35.0 Å². The van der Waals surface area contributed by atoms with Crippen molar-refractivity contribution in [2.75, 3.05) is 6.61 Å². The molecule has 0 amide bonds. The van der Waals surface area contributed by atoms with Gasteiger partial charge in [-0.1, -0.05) is 35.9 Å². The Labute approximate surface area is 188 Å². The molecule has 0 aliphatic rings. The molecule has 0 aliphatic heterocycles.